The van der Waals surface area contributed by atoms with Crippen LogP contribution < -0.4 is 9.62 Å². The van der Waals surface area contributed by atoms with E-state index in [1.165, 1.54) is 42.7 Å². The van der Waals surface area contributed by atoms with Crippen molar-refractivity contribution >= 4 is 49.4 Å². The lowest BCUT2D eigenvalue weighted by Gasteiger charge is -2.35. The zero-order valence-electron chi connectivity index (χ0n) is 24.9. The zero-order valence-corrected chi connectivity index (χ0v) is 25.7. The number of rotatable bonds is 6. The largest absolute Gasteiger partial charge is 0.455 e. The Kier molecular flexibility index (Phi) is 7.44. The van der Waals surface area contributed by atoms with Gasteiger partial charge in [-0.15, -0.1) is 0 Å². The lowest BCUT2D eigenvalue weighted by atomic mass is 9.88. The van der Waals surface area contributed by atoms with E-state index in [9.17, 15) is 22.4 Å². The van der Waals surface area contributed by atoms with Crippen LogP contribution in [0.4, 0.5) is 10.1 Å². The van der Waals surface area contributed by atoms with Crippen LogP contribution in [0, 0.1) is 5.82 Å². The standard InChI is InChI=1S/C33H33FN4O5S/c1-35-32(39)30-25-17-24(22-9-7-15-38(19-22)33(40)28-16-21-8-5-6-10-26(21)36(28)2)27(37(3)44(4,41)42)18-29(25)43-31(30)20-11-13-23(34)14-12-20/h5-6,8,10-14,16-18,22H,7,9,15,19H2,1-4H3,(H,35,39). The van der Waals surface area contributed by atoms with Crippen molar-refractivity contribution < 1.29 is 26.8 Å². The zero-order chi connectivity index (χ0) is 31.3. The third-order valence-corrected chi connectivity index (χ3v) is 9.75. The summed E-state index contributed by atoms with van der Waals surface area (Å²) in [7, 11) is 1.19. The average Bonchev–Trinajstić information content (AvgIpc) is 3.56. The Bertz CT molecular complexity index is 2030. The number of hydrogen-bond donors (Lipinski definition) is 1. The molecule has 0 bridgehead atoms. The molecule has 11 heteroatoms. The first kappa shape index (κ1) is 29.4. The maximum absolute atomic E-state index is 13.8. The average molecular weight is 617 g/mol. The molecule has 3 aromatic carbocycles. The fourth-order valence-electron chi connectivity index (χ4n) is 6.15. The quantitative estimate of drug-likeness (QED) is 0.271. The number of sulfonamides is 1. The number of furan rings is 1. The lowest BCUT2D eigenvalue weighted by molar-refractivity contribution is 0.0698. The van der Waals surface area contributed by atoms with E-state index in [2.05, 4.69) is 5.32 Å². The molecule has 44 heavy (non-hydrogen) atoms. The number of carbonyl (C=O) groups is 2. The van der Waals surface area contributed by atoms with Gasteiger partial charge in [-0.1, -0.05) is 18.2 Å². The topological polar surface area (TPSA) is 105 Å². The van der Waals surface area contributed by atoms with Crippen LogP contribution in [-0.2, 0) is 17.1 Å². The monoisotopic (exact) mass is 616 g/mol. The van der Waals surface area contributed by atoms with Gasteiger partial charge < -0.3 is 19.2 Å². The summed E-state index contributed by atoms with van der Waals surface area (Å²) in [6.07, 6.45) is 2.56. The van der Waals surface area contributed by atoms with Gasteiger partial charge in [0.15, 0.2) is 0 Å². The van der Waals surface area contributed by atoms with Gasteiger partial charge in [0.05, 0.1) is 17.5 Å². The minimum Gasteiger partial charge on any atom is -0.455 e. The number of amides is 2. The van der Waals surface area contributed by atoms with Crippen LogP contribution in [-0.4, -0.2) is 63.1 Å². The summed E-state index contributed by atoms with van der Waals surface area (Å²) in [6, 6.07) is 18.8. The molecule has 2 amide bonds. The highest BCUT2D eigenvalue weighted by Gasteiger charge is 2.32. The van der Waals surface area contributed by atoms with Gasteiger partial charge >= 0.3 is 0 Å². The number of hydrogen-bond acceptors (Lipinski definition) is 5. The number of anilines is 1. The molecule has 2 aromatic heterocycles. The number of carbonyl (C=O) groups excluding carboxylic acids is 2. The summed E-state index contributed by atoms with van der Waals surface area (Å²) < 4.78 is 48.6. The smallest absolute Gasteiger partial charge is 0.270 e. The highest BCUT2D eigenvalue weighted by molar-refractivity contribution is 7.92. The predicted molar refractivity (Wildman–Crippen MR) is 169 cm³/mol. The summed E-state index contributed by atoms with van der Waals surface area (Å²) in [5, 5.41) is 4.14. The number of para-hydroxylation sites is 1. The molecule has 1 unspecified atom stereocenters. The number of fused-ring (bicyclic) bond motifs is 2. The molecule has 1 atom stereocenters. The molecule has 5 aromatic rings. The summed E-state index contributed by atoms with van der Waals surface area (Å²) in [6.45, 7) is 0.939. The second kappa shape index (κ2) is 11.1. The van der Waals surface area contributed by atoms with Crippen molar-refractivity contribution in [3.05, 3.63) is 89.4 Å². The SMILES string of the molecule is CNC(=O)c1c(-c2ccc(F)cc2)oc2cc(N(C)S(C)(=O)=O)c(C3CCCN(C(=O)c4cc5ccccc5n4C)C3)cc12. The van der Waals surface area contributed by atoms with Crippen molar-refractivity contribution in [2.45, 2.75) is 18.8 Å². The maximum Gasteiger partial charge on any atom is 0.270 e. The number of benzene rings is 3. The van der Waals surface area contributed by atoms with Crippen molar-refractivity contribution in [2.24, 2.45) is 7.05 Å². The van der Waals surface area contributed by atoms with Crippen LogP contribution in [0.1, 0.15) is 45.2 Å². The van der Waals surface area contributed by atoms with Crippen molar-refractivity contribution in [1.82, 2.24) is 14.8 Å². The molecule has 0 radical (unpaired) electrons. The molecule has 1 saturated heterocycles. The van der Waals surface area contributed by atoms with E-state index in [1.807, 2.05) is 52.9 Å². The van der Waals surface area contributed by atoms with Gasteiger partial charge in [0.1, 0.15) is 22.9 Å². The van der Waals surface area contributed by atoms with E-state index in [1.54, 1.807) is 6.07 Å². The molecule has 1 aliphatic rings. The molecule has 3 heterocycles. The fourth-order valence-corrected chi connectivity index (χ4v) is 6.67. The van der Waals surface area contributed by atoms with Gasteiger partial charge in [-0.3, -0.25) is 13.9 Å². The van der Waals surface area contributed by atoms with Gasteiger partial charge in [-0.05, 0) is 60.9 Å². The minimum absolute atomic E-state index is 0.0968. The minimum atomic E-state index is -3.67. The molecular formula is C33H33FN4O5S. The number of nitrogens with zero attached hydrogens (tertiary/aromatic N) is 3. The van der Waals surface area contributed by atoms with Gasteiger partial charge in [0.2, 0.25) is 10.0 Å². The number of halogens is 1. The Balaban J connectivity index is 1.47. The van der Waals surface area contributed by atoms with Gasteiger partial charge in [0.25, 0.3) is 11.8 Å². The number of piperidine rings is 1. The maximum atomic E-state index is 13.8. The first-order valence-corrected chi connectivity index (χ1v) is 16.2. The molecule has 0 saturated carbocycles. The van der Waals surface area contributed by atoms with Gasteiger partial charge in [0, 0.05) is 68.1 Å². The third kappa shape index (κ3) is 5.11. The molecular weight excluding hydrogens is 583 g/mol. The van der Waals surface area contributed by atoms with Crippen LogP contribution in [0.2, 0.25) is 0 Å². The van der Waals surface area contributed by atoms with Gasteiger partial charge in [-0.25, -0.2) is 12.8 Å². The number of nitrogens with one attached hydrogen (secondary N) is 1. The van der Waals surface area contributed by atoms with Crippen LogP contribution in [0.25, 0.3) is 33.2 Å². The summed E-state index contributed by atoms with van der Waals surface area (Å²) in [5.74, 6) is -0.881. The molecule has 6 rings (SSSR count). The van der Waals surface area contributed by atoms with Crippen LogP contribution in [0.5, 0.6) is 0 Å². The Morgan fingerprint density at radius 1 is 1.07 bits per heavy atom. The normalized spacial score (nSPS) is 15.6. The third-order valence-electron chi connectivity index (χ3n) is 8.55. The predicted octanol–water partition coefficient (Wildman–Crippen LogP) is 5.51. The molecule has 1 aliphatic heterocycles. The van der Waals surface area contributed by atoms with E-state index in [-0.39, 0.29) is 23.1 Å². The Hall–Kier alpha value is -4.64. The summed E-state index contributed by atoms with van der Waals surface area (Å²) in [4.78, 5) is 28.9. The fraction of sp³-hybridized carbons (Fsp3) is 0.273. The van der Waals surface area contributed by atoms with Gasteiger partial charge in [-0.2, -0.15) is 0 Å². The van der Waals surface area contributed by atoms with Crippen molar-refractivity contribution in [3.8, 4) is 11.3 Å². The Morgan fingerprint density at radius 2 is 1.80 bits per heavy atom. The second-order valence-corrected chi connectivity index (χ2v) is 13.3. The van der Waals surface area contributed by atoms with E-state index in [4.69, 9.17) is 4.42 Å². The number of aromatic nitrogens is 1. The molecule has 1 N–H and O–H groups in total. The second-order valence-electron chi connectivity index (χ2n) is 11.3. The number of likely N-dealkylation sites (tertiary alicyclic amines) is 1. The summed E-state index contributed by atoms with van der Waals surface area (Å²) >= 11 is 0. The first-order chi connectivity index (χ1) is 21.0. The van der Waals surface area contributed by atoms with E-state index >= 15 is 0 Å². The van der Waals surface area contributed by atoms with Crippen LogP contribution in [0.15, 0.2) is 71.1 Å². The van der Waals surface area contributed by atoms with Crippen molar-refractivity contribution in [1.29, 1.82) is 0 Å². The van der Waals surface area contributed by atoms with Crippen molar-refractivity contribution in [3.63, 3.8) is 0 Å². The molecule has 0 spiro atoms. The molecule has 228 valence electrons. The molecule has 1 fully saturated rings. The van der Waals surface area contributed by atoms with E-state index in [0.29, 0.717) is 53.0 Å². The lowest BCUT2D eigenvalue weighted by Crippen LogP contribution is -2.40. The highest BCUT2D eigenvalue weighted by Crippen LogP contribution is 2.42. The van der Waals surface area contributed by atoms with Crippen LogP contribution >= 0.6 is 0 Å². The molecule has 9 nitrogen and oxygen atoms in total. The first-order valence-electron chi connectivity index (χ1n) is 14.3. The highest BCUT2D eigenvalue weighted by atomic mass is 32.2. The molecule has 0 aliphatic carbocycles. The Labute approximate surface area is 254 Å². The number of aryl methyl sites for hydroxylation is 1. The van der Waals surface area contributed by atoms with Crippen LogP contribution in [0.3, 0.4) is 0 Å². The Morgan fingerprint density at radius 3 is 2.48 bits per heavy atom. The van der Waals surface area contributed by atoms with E-state index < -0.39 is 21.7 Å². The van der Waals surface area contributed by atoms with E-state index in [0.717, 1.165) is 23.6 Å². The van der Waals surface area contributed by atoms with Crippen molar-refractivity contribution in [2.75, 3.05) is 37.7 Å². The summed E-state index contributed by atoms with van der Waals surface area (Å²) in [5.41, 5.74) is 3.73.